The topological polar surface area (TPSA) is 32.3 Å². The number of nitrogens with one attached hydrogen (secondary N) is 1. The van der Waals surface area contributed by atoms with E-state index < -0.39 is 0 Å². The number of amides is 1. The van der Waals surface area contributed by atoms with Crippen LogP contribution in [0.2, 0.25) is 0 Å². The summed E-state index contributed by atoms with van der Waals surface area (Å²) in [4.78, 5) is 15.1. The van der Waals surface area contributed by atoms with E-state index in [1.165, 1.54) is 11.1 Å². The molecule has 1 aliphatic carbocycles. The third-order valence-electron chi connectivity index (χ3n) is 5.45. The van der Waals surface area contributed by atoms with E-state index >= 15 is 0 Å². The molecule has 3 nitrogen and oxygen atoms in total. The molecule has 2 aliphatic rings. The molecule has 1 aromatic rings. The summed E-state index contributed by atoms with van der Waals surface area (Å²) in [6.45, 7) is 5.20. The number of carbonyl (C=O) groups is 1. The molecular weight excluding hydrogens is 320 g/mol. The van der Waals surface area contributed by atoms with Crippen LogP contribution in [0.1, 0.15) is 50.2 Å². The highest BCUT2D eigenvalue weighted by molar-refractivity contribution is 5.85. The van der Waals surface area contributed by atoms with Crippen molar-refractivity contribution in [3.05, 3.63) is 35.4 Å². The maximum Gasteiger partial charge on any atom is 0.223 e. The van der Waals surface area contributed by atoms with E-state index in [1.54, 1.807) is 0 Å². The zero-order valence-corrected chi connectivity index (χ0v) is 15.6. The van der Waals surface area contributed by atoms with E-state index in [0.717, 1.165) is 64.6 Å². The number of benzene rings is 1. The van der Waals surface area contributed by atoms with Crippen LogP contribution in [0.15, 0.2) is 24.3 Å². The fourth-order valence-corrected chi connectivity index (χ4v) is 4.18. The highest BCUT2D eigenvalue weighted by Gasteiger charge is 2.28. The Balaban J connectivity index is 0.00000208. The molecule has 134 valence electrons. The lowest BCUT2D eigenvalue weighted by atomic mass is 9.82. The van der Waals surface area contributed by atoms with E-state index in [0.29, 0.717) is 17.9 Å². The molecule has 1 fully saturated rings. The smallest absolute Gasteiger partial charge is 0.223 e. The van der Waals surface area contributed by atoms with Crippen molar-refractivity contribution in [2.24, 2.45) is 5.92 Å². The van der Waals surface area contributed by atoms with Crippen molar-refractivity contribution in [2.75, 3.05) is 19.6 Å². The maximum absolute atomic E-state index is 12.9. The van der Waals surface area contributed by atoms with E-state index in [-0.39, 0.29) is 12.4 Å². The minimum atomic E-state index is 0. The summed E-state index contributed by atoms with van der Waals surface area (Å²) < 4.78 is 0. The van der Waals surface area contributed by atoms with Crippen LogP contribution in [0.25, 0.3) is 0 Å². The van der Waals surface area contributed by atoms with Crippen LogP contribution >= 0.6 is 12.4 Å². The Morgan fingerprint density at radius 1 is 1.17 bits per heavy atom. The molecule has 1 amide bonds. The van der Waals surface area contributed by atoms with Gasteiger partial charge in [0.25, 0.3) is 0 Å². The standard InChI is InChI=1S/C20H30N2O.ClH/c1-2-13-22(19-9-11-21-12-10-19)20(23)15-16-7-8-17-5-3-4-6-18(17)14-16;/h3-6,16,19,21H,2,7-15H2,1H3;1H. The largest absolute Gasteiger partial charge is 0.340 e. The van der Waals surface area contributed by atoms with Crippen molar-refractivity contribution in [1.29, 1.82) is 0 Å². The first-order valence-electron chi connectivity index (χ1n) is 9.35. The number of nitrogens with zero attached hydrogens (tertiary/aromatic N) is 1. The quantitative estimate of drug-likeness (QED) is 0.880. The van der Waals surface area contributed by atoms with Gasteiger partial charge in [0.15, 0.2) is 0 Å². The first-order chi connectivity index (χ1) is 11.3. The van der Waals surface area contributed by atoms with Gasteiger partial charge in [0.1, 0.15) is 0 Å². The van der Waals surface area contributed by atoms with Crippen molar-refractivity contribution in [2.45, 2.75) is 57.9 Å². The molecule has 1 heterocycles. The molecule has 1 atom stereocenters. The Kier molecular flexibility index (Phi) is 7.57. The molecule has 4 heteroatoms. The van der Waals surface area contributed by atoms with Gasteiger partial charge < -0.3 is 10.2 Å². The molecule has 0 aromatic heterocycles. The molecule has 1 unspecified atom stereocenters. The number of carbonyl (C=O) groups excluding carboxylic acids is 1. The Hall–Kier alpha value is -1.06. The number of halogens is 1. The number of fused-ring (bicyclic) bond motifs is 1. The molecule has 0 saturated carbocycles. The number of piperidine rings is 1. The monoisotopic (exact) mass is 350 g/mol. The van der Waals surface area contributed by atoms with E-state index in [4.69, 9.17) is 0 Å². The number of hydrogen-bond acceptors (Lipinski definition) is 2. The van der Waals surface area contributed by atoms with Gasteiger partial charge in [0.05, 0.1) is 0 Å². The summed E-state index contributed by atoms with van der Waals surface area (Å²) in [5.74, 6) is 0.918. The number of hydrogen-bond donors (Lipinski definition) is 1. The second-order valence-corrected chi connectivity index (χ2v) is 7.15. The lowest BCUT2D eigenvalue weighted by molar-refractivity contribution is -0.135. The maximum atomic E-state index is 12.9. The van der Waals surface area contributed by atoms with Crippen molar-refractivity contribution in [3.63, 3.8) is 0 Å². The third kappa shape index (κ3) is 4.73. The van der Waals surface area contributed by atoms with Gasteiger partial charge in [-0.05, 0) is 68.7 Å². The first-order valence-corrected chi connectivity index (χ1v) is 9.35. The summed E-state index contributed by atoms with van der Waals surface area (Å²) in [6.07, 6.45) is 7.39. The lowest BCUT2D eigenvalue weighted by Crippen LogP contribution is -2.47. The Bertz CT molecular complexity index is 528. The average Bonchev–Trinajstić information content (AvgIpc) is 2.60. The SMILES string of the molecule is CCCN(C(=O)CC1CCc2ccccc2C1)C1CCNCC1.Cl. The minimum absolute atomic E-state index is 0. The van der Waals surface area contributed by atoms with Crippen LogP contribution in [-0.2, 0) is 17.6 Å². The van der Waals surface area contributed by atoms with Gasteiger partial charge >= 0.3 is 0 Å². The lowest BCUT2D eigenvalue weighted by Gasteiger charge is -2.36. The second-order valence-electron chi connectivity index (χ2n) is 7.15. The predicted molar refractivity (Wildman–Crippen MR) is 102 cm³/mol. The second kappa shape index (κ2) is 9.43. The predicted octanol–water partition coefficient (Wildman–Crippen LogP) is 3.59. The van der Waals surface area contributed by atoms with Crippen LogP contribution in [-0.4, -0.2) is 36.5 Å². The van der Waals surface area contributed by atoms with Crippen LogP contribution < -0.4 is 5.32 Å². The minimum Gasteiger partial charge on any atom is -0.340 e. The molecule has 1 saturated heterocycles. The molecule has 1 N–H and O–H groups in total. The van der Waals surface area contributed by atoms with E-state index in [9.17, 15) is 4.79 Å². The van der Waals surface area contributed by atoms with Gasteiger partial charge in [0, 0.05) is 19.0 Å². The van der Waals surface area contributed by atoms with Gasteiger partial charge in [-0.2, -0.15) is 0 Å². The fraction of sp³-hybridized carbons (Fsp3) is 0.650. The normalized spacial score (nSPS) is 20.8. The fourth-order valence-electron chi connectivity index (χ4n) is 4.18. The zero-order chi connectivity index (χ0) is 16.1. The van der Waals surface area contributed by atoms with Gasteiger partial charge in [-0.1, -0.05) is 31.2 Å². The molecule has 1 aliphatic heterocycles. The summed E-state index contributed by atoms with van der Waals surface area (Å²) in [5, 5.41) is 3.41. The molecule has 0 radical (unpaired) electrons. The number of aryl methyl sites for hydroxylation is 1. The molecule has 0 bridgehead atoms. The van der Waals surface area contributed by atoms with Crippen molar-refractivity contribution in [3.8, 4) is 0 Å². The van der Waals surface area contributed by atoms with Gasteiger partial charge in [-0.3, -0.25) is 4.79 Å². The summed E-state index contributed by atoms with van der Waals surface area (Å²) >= 11 is 0. The van der Waals surface area contributed by atoms with Crippen LogP contribution in [0.3, 0.4) is 0 Å². The molecule has 3 rings (SSSR count). The molecule has 1 aromatic carbocycles. The summed E-state index contributed by atoms with van der Waals surface area (Å²) in [5.41, 5.74) is 2.94. The van der Waals surface area contributed by atoms with Gasteiger partial charge in [0.2, 0.25) is 5.91 Å². The molecular formula is C20H31ClN2O. The Labute approximate surface area is 152 Å². The van der Waals surface area contributed by atoms with Crippen molar-refractivity contribution in [1.82, 2.24) is 10.2 Å². The molecule has 0 spiro atoms. The Morgan fingerprint density at radius 2 is 1.88 bits per heavy atom. The first kappa shape index (κ1) is 19.3. The van der Waals surface area contributed by atoms with Crippen LogP contribution in [0, 0.1) is 5.92 Å². The Morgan fingerprint density at radius 3 is 2.58 bits per heavy atom. The number of rotatable bonds is 5. The highest BCUT2D eigenvalue weighted by Crippen LogP contribution is 2.28. The average molecular weight is 351 g/mol. The van der Waals surface area contributed by atoms with E-state index in [1.807, 2.05) is 0 Å². The summed E-state index contributed by atoms with van der Waals surface area (Å²) in [7, 11) is 0. The van der Waals surface area contributed by atoms with Crippen molar-refractivity contribution < 1.29 is 4.79 Å². The molecule has 24 heavy (non-hydrogen) atoms. The highest BCUT2D eigenvalue weighted by atomic mass is 35.5. The van der Waals surface area contributed by atoms with E-state index in [2.05, 4.69) is 41.4 Å². The van der Waals surface area contributed by atoms with Crippen LogP contribution in [0.4, 0.5) is 0 Å². The zero-order valence-electron chi connectivity index (χ0n) is 14.8. The van der Waals surface area contributed by atoms with Gasteiger partial charge in [-0.15, -0.1) is 12.4 Å². The summed E-state index contributed by atoms with van der Waals surface area (Å²) in [6, 6.07) is 9.19. The third-order valence-corrected chi connectivity index (χ3v) is 5.45. The van der Waals surface area contributed by atoms with Crippen molar-refractivity contribution >= 4 is 18.3 Å². The van der Waals surface area contributed by atoms with Gasteiger partial charge in [-0.25, -0.2) is 0 Å². The van der Waals surface area contributed by atoms with Crippen LogP contribution in [0.5, 0.6) is 0 Å².